The number of morpholine rings is 1. The van der Waals surface area contributed by atoms with Crippen LogP contribution in [0.4, 0.5) is 5.82 Å². The minimum atomic E-state index is -0.337. The summed E-state index contributed by atoms with van der Waals surface area (Å²) in [4.78, 5) is 14.0. The molecule has 1 aromatic rings. The first-order chi connectivity index (χ1) is 10.1. The first-order valence-corrected chi connectivity index (χ1v) is 7.27. The number of nitrogens with zero attached hydrogens (tertiary/aromatic N) is 3. The highest BCUT2D eigenvalue weighted by Crippen LogP contribution is 2.14. The third-order valence-electron chi connectivity index (χ3n) is 3.26. The molecule has 2 heterocycles. The van der Waals surface area contributed by atoms with Gasteiger partial charge in [0.1, 0.15) is 5.82 Å². The number of aliphatic hydroxyl groups is 1. The molecule has 116 valence electrons. The largest absolute Gasteiger partial charge is 0.394 e. The molecule has 1 aliphatic heterocycles. The van der Waals surface area contributed by atoms with Gasteiger partial charge in [-0.05, 0) is 25.5 Å². The molecule has 7 nitrogen and oxygen atoms in total. The number of aliphatic hydroxyl groups excluding tert-OH is 1. The first kappa shape index (κ1) is 15.7. The highest BCUT2D eigenvalue weighted by atomic mass is 16.5. The van der Waals surface area contributed by atoms with Gasteiger partial charge in [-0.1, -0.05) is 6.92 Å². The summed E-state index contributed by atoms with van der Waals surface area (Å²) in [6.45, 7) is 5.53. The van der Waals surface area contributed by atoms with Crippen molar-refractivity contribution in [3.8, 4) is 0 Å². The average Bonchev–Trinajstić information content (AvgIpc) is 2.52. The van der Waals surface area contributed by atoms with Crippen molar-refractivity contribution >= 4 is 11.7 Å². The lowest BCUT2D eigenvalue weighted by molar-refractivity contribution is -0.0859. The van der Waals surface area contributed by atoms with Gasteiger partial charge in [-0.3, -0.25) is 4.79 Å². The Morgan fingerprint density at radius 2 is 2.29 bits per heavy atom. The normalized spacial score (nSPS) is 22.1. The van der Waals surface area contributed by atoms with Crippen LogP contribution in [0.25, 0.3) is 0 Å². The Morgan fingerprint density at radius 1 is 1.48 bits per heavy atom. The first-order valence-electron chi connectivity index (χ1n) is 7.27. The molecule has 1 amide bonds. The van der Waals surface area contributed by atoms with Crippen LogP contribution in [0.5, 0.6) is 0 Å². The van der Waals surface area contributed by atoms with E-state index in [4.69, 9.17) is 4.74 Å². The molecule has 2 atom stereocenters. The predicted molar refractivity (Wildman–Crippen MR) is 78.1 cm³/mol. The van der Waals surface area contributed by atoms with Gasteiger partial charge in [0, 0.05) is 19.6 Å². The van der Waals surface area contributed by atoms with E-state index in [0.717, 1.165) is 13.0 Å². The molecule has 1 fully saturated rings. The van der Waals surface area contributed by atoms with Crippen molar-refractivity contribution in [1.29, 1.82) is 0 Å². The van der Waals surface area contributed by atoms with Crippen LogP contribution in [-0.2, 0) is 4.74 Å². The van der Waals surface area contributed by atoms with E-state index in [-0.39, 0.29) is 24.7 Å². The number of amides is 1. The van der Waals surface area contributed by atoms with Gasteiger partial charge < -0.3 is 20.1 Å². The summed E-state index contributed by atoms with van der Waals surface area (Å²) in [6, 6.07) is 3.42. The van der Waals surface area contributed by atoms with Gasteiger partial charge in [0.05, 0.1) is 18.8 Å². The molecule has 7 heteroatoms. The number of carbonyl (C=O) groups is 1. The maximum absolute atomic E-state index is 12.4. The number of rotatable bonds is 5. The van der Waals surface area contributed by atoms with E-state index in [1.807, 2.05) is 6.92 Å². The van der Waals surface area contributed by atoms with Crippen LogP contribution in [0.2, 0.25) is 0 Å². The maximum Gasteiger partial charge on any atom is 0.274 e. The van der Waals surface area contributed by atoms with Gasteiger partial charge in [0.25, 0.3) is 5.91 Å². The minimum Gasteiger partial charge on any atom is -0.394 e. The molecule has 1 aromatic heterocycles. The van der Waals surface area contributed by atoms with Crippen LogP contribution in [0.1, 0.15) is 30.8 Å². The molecule has 2 N–H and O–H groups in total. The monoisotopic (exact) mass is 294 g/mol. The second kappa shape index (κ2) is 7.33. The molecular weight excluding hydrogens is 272 g/mol. The Balaban J connectivity index is 2.01. The predicted octanol–water partition coefficient (Wildman–Crippen LogP) is 0.520. The summed E-state index contributed by atoms with van der Waals surface area (Å²) in [5.41, 5.74) is 0.308. The highest BCUT2D eigenvalue weighted by Gasteiger charge is 2.29. The van der Waals surface area contributed by atoms with Gasteiger partial charge in [-0.25, -0.2) is 0 Å². The van der Waals surface area contributed by atoms with Crippen molar-refractivity contribution in [3.63, 3.8) is 0 Å². The second-order valence-electron chi connectivity index (χ2n) is 5.19. The zero-order valence-corrected chi connectivity index (χ0v) is 12.5. The van der Waals surface area contributed by atoms with E-state index in [0.29, 0.717) is 24.6 Å². The van der Waals surface area contributed by atoms with Crippen molar-refractivity contribution in [2.24, 2.45) is 0 Å². The van der Waals surface area contributed by atoms with Crippen molar-refractivity contribution < 1.29 is 14.6 Å². The number of ether oxygens (including phenoxy) is 1. The zero-order chi connectivity index (χ0) is 15.2. The third kappa shape index (κ3) is 4.12. The number of nitrogens with one attached hydrogen (secondary N) is 1. The number of aromatic nitrogens is 2. The number of hydrogen-bond acceptors (Lipinski definition) is 6. The zero-order valence-electron chi connectivity index (χ0n) is 12.5. The maximum atomic E-state index is 12.4. The molecular formula is C14H22N4O3. The van der Waals surface area contributed by atoms with Gasteiger partial charge in [-0.2, -0.15) is 0 Å². The van der Waals surface area contributed by atoms with Crippen molar-refractivity contribution in [2.45, 2.75) is 32.5 Å². The van der Waals surface area contributed by atoms with Gasteiger partial charge in [-0.15, -0.1) is 10.2 Å². The quantitative estimate of drug-likeness (QED) is 0.823. The lowest BCUT2D eigenvalue weighted by Gasteiger charge is -2.35. The average molecular weight is 294 g/mol. The number of carbonyl (C=O) groups excluding carboxylic acids is 1. The summed E-state index contributed by atoms with van der Waals surface area (Å²) in [6.07, 6.45) is 0.561. The van der Waals surface area contributed by atoms with Crippen LogP contribution in [0.15, 0.2) is 12.1 Å². The Morgan fingerprint density at radius 3 is 2.90 bits per heavy atom. The lowest BCUT2D eigenvalue weighted by Crippen LogP contribution is -2.50. The topological polar surface area (TPSA) is 87.6 Å². The van der Waals surface area contributed by atoms with Crippen LogP contribution < -0.4 is 5.32 Å². The van der Waals surface area contributed by atoms with Crippen molar-refractivity contribution in [1.82, 2.24) is 15.1 Å². The minimum absolute atomic E-state index is 0.0975. The molecule has 0 saturated carbocycles. The van der Waals surface area contributed by atoms with E-state index < -0.39 is 0 Å². The summed E-state index contributed by atoms with van der Waals surface area (Å²) < 4.78 is 5.53. The van der Waals surface area contributed by atoms with Crippen LogP contribution in [-0.4, -0.2) is 64.6 Å². The molecule has 0 spiro atoms. The summed E-state index contributed by atoms with van der Waals surface area (Å²) >= 11 is 0. The summed E-state index contributed by atoms with van der Waals surface area (Å²) in [5, 5.41) is 20.3. The fourth-order valence-corrected chi connectivity index (χ4v) is 2.27. The summed E-state index contributed by atoms with van der Waals surface area (Å²) in [7, 11) is 0. The lowest BCUT2D eigenvalue weighted by atomic mass is 10.2. The van der Waals surface area contributed by atoms with E-state index in [2.05, 4.69) is 22.4 Å². The van der Waals surface area contributed by atoms with Gasteiger partial charge in [0.15, 0.2) is 5.69 Å². The molecule has 0 aromatic carbocycles. The smallest absolute Gasteiger partial charge is 0.274 e. The Hall–Kier alpha value is -1.73. The van der Waals surface area contributed by atoms with Crippen molar-refractivity contribution in [2.75, 3.05) is 31.6 Å². The second-order valence-corrected chi connectivity index (χ2v) is 5.19. The van der Waals surface area contributed by atoms with Crippen LogP contribution in [0, 0.1) is 0 Å². The van der Waals surface area contributed by atoms with Gasteiger partial charge >= 0.3 is 0 Å². The van der Waals surface area contributed by atoms with Gasteiger partial charge in [0.2, 0.25) is 0 Å². The van der Waals surface area contributed by atoms with E-state index in [9.17, 15) is 9.90 Å². The molecule has 1 saturated heterocycles. The fraction of sp³-hybridized carbons (Fsp3) is 0.643. The molecule has 2 unspecified atom stereocenters. The SMILES string of the molecule is CCCNc1ccc(C(=O)N2CC(C)OC(CO)C2)nn1. The van der Waals surface area contributed by atoms with Crippen LogP contribution >= 0.6 is 0 Å². The van der Waals surface area contributed by atoms with Crippen LogP contribution in [0.3, 0.4) is 0 Å². The Kier molecular flexibility index (Phi) is 5.46. The third-order valence-corrected chi connectivity index (χ3v) is 3.26. The van der Waals surface area contributed by atoms with Crippen molar-refractivity contribution in [3.05, 3.63) is 17.8 Å². The molecule has 0 aliphatic carbocycles. The molecule has 0 bridgehead atoms. The Labute approximate surface area is 124 Å². The fourth-order valence-electron chi connectivity index (χ4n) is 2.27. The number of anilines is 1. The summed E-state index contributed by atoms with van der Waals surface area (Å²) in [5.74, 6) is 0.482. The standard InChI is InChI=1S/C14H22N4O3/c1-3-6-15-13-5-4-12(16-17-13)14(20)18-7-10(2)21-11(8-18)9-19/h4-5,10-11,19H,3,6-9H2,1-2H3,(H,15,17). The van der Waals surface area contributed by atoms with E-state index >= 15 is 0 Å². The van der Waals surface area contributed by atoms with E-state index in [1.54, 1.807) is 17.0 Å². The molecule has 21 heavy (non-hydrogen) atoms. The molecule has 2 rings (SSSR count). The highest BCUT2D eigenvalue weighted by molar-refractivity contribution is 5.92. The molecule has 0 radical (unpaired) electrons. The number of hydrogen-bond donors (Lipinski definition) is 2. The van der Waals surface area contributed by atoms with E-state index in [1.165, 1.54) is 0 Å². The Bertz CT molecular complexity index is 466. The molecule has 1 aliphatic rings.